The summed E-state index contributed by atoms with van der Waals surface area (Å²) in [4.78, 5) is 16.3. The predicted molar refractivity (Wildman–Crippen MR) is 138 cm³/mol. The minimum Gasteiger partial charge on any atom is -0.493 e. The molecular weight excluding hydrogens is 500 g/mol. The summed E-state index contributed by atoms with van der Waals surface area (Å²) in [5.41, 5.74) is 2.77. The van der Waals surface area contributed by atoms with Gasteiger partial charge in [0.2, 0.25) is 15.0 Å². The number of carbonyl (C=O) groups is 1. The van der Waals surface area contributed by atoms with Gasteiger partial charge in [0.1, 0.15) is 23.1 Å². The van der Waals surface area contributed by atoms with Crippen molar-refractivity contribution in [2.45, 2.75) is 32.3 Å². The van der Waals surface area contributed by atoms with E-state index in [4.69, 9.17) is 9.47 Å². The Morgan fingerprint density at radius 1 is 1.08 bits per heavy atom. The van der Waals surface area contributed by atoms with Crippen molar-refractivity contribution < 1.29 is 22.7 Å². The van der Waals surface area contributed by atoms with E-state index in [1.54, 1.807) is 24.3 Å². The molecule has 0 radical (unpaired) electrons. The van der Waals surface area contributed by atoms with Gasteiger partial charge in [-0.25, -0.2) is 8.42 Å². The Kier molecular flexibility index (Phi) is 9.16. The van der Waals surface area contributed by atoms with E-state index in [1.807, 2.05) is 32.0 Å². The van der Waals surface area contributed by atoms with Gasteiger partial charge in [-0.05, 0) is 60.9 Å². The summed E-state index contributed by atoms with van der Waals surface area (Å²) in [7, 11) is -3.58. The van der Waals surface area contributed by atoms with Crippen LogP contribution in [-0.4, -0.2) is 42.6 Å². The Balaban J connectivity index is 1.50. The molecule has 1 aromatic heterocycles. The van der Waals surface area contributed by atoms with Gasteiger partial charge in [0.15, 0.2) is 0 Å². The summed E-state index contributed by atoms with van der Waals surface area (Å²) >= 11 is 0.733. The van der Waals surface area contributed by atoms with Gasteiger partial charge >= 0.3 is 0 Å². The zero-order valence-corrected chi connectivity index (χ0v) is 21.8. The fourth-order valence-electron chi connectivity index (χ4n) is 3.11. The molecule has 0 aliphatic heterocycles. The largest absolute Gasteiger partial charge is 0.493 e. The maximum Gasteiger partial charge on any atom is 0.268 e. The van der Waals surface area contributed by atoms with Crippen LogP contribution in [0.4, 0.5) is 5.13 Å². The molecular formula is C25H26N4O5S2. The monoisotopic (exact) mass is 526 g/mol. The molecule has 1 N–H and O–H groups in total. The first-order valence-electron chi connectivity index (χ1n) is 11.1. The highest BCUT2D eigenvalue weighted by atomic mass is 32.2. The first kappa shape index (κ1) is 26.8. The number of aryl methyl sites for hydroxylation is 2. The van der Waals surface area contributed by atoms with Crippen molar-refractivity contribution >= 4 is 38.5 Å². The highest BCUT2D eigenvalue weighted by Crippen LogP contribution is 2.19. The third kappa shape index (κ3) is 7.63. The molecule has 0 unspecified atom stereocenters. The highest BCUT2D eigenvalue weighted by Gasteiger charge is 2.20. The van der Waals surface area contributed by atoms with E-state index < -0.39 is 15.7 Å². The number of ether oxygens (including phenoxy) is 2. The number of hydrogen-bond acceptors (Lipinski definition) is 9. The Morgan fingerprint density at radius 3 is 2.33 bits per heavy atom. The Morgan fingerprint density at radius 2 is 1.72 bits per heavy atom. The first-order valence-corrected chi connectivity index (χ1v) is 13.6. The van der Waals surface area contributed by atoms with Gasteiger partial charge in [-0.1, -0.05) is 25.1 Å². The van der Waals surface area contributed by atoms with Crippen molar-refractivity contribution in [2.24, 2.45) is 0 Å². The lowest BCUT2D eigenvalue weighted by Gasteiger charge is -2.09. The van der Waals surface area contributed by atoms with E-state index in [1.165, 1.54) is 13.0 Å². The molecule has 1 heterocycles. The lowest BCUT2D eigenvalue weighted by atomic mass is 10.1. The van der Waals surface area contributed by atoms with Gasteiger partial charge in [-0.2, -0.15) is 14.6 Å². The van der Waals surface area contributed by atoms with Crippen molar-refractivity contribution in [1.82, 2.24) is 9.36 Å². The molecule has 3 aromatic rings. The van der Waals surface area contributed by atoms with Crippen LogP contribution in [0.2, 0.25) is 0 Å². The van der Waals surface area contributed by atoms with Crippen molar-refractivity contribution in [2.75, 3.05) is 24.3 Å². The first-order chi connectivity index (χ1) is 17.2. The highest BCUT2D eigenvalue weighted by molar-refractivity contribution is 7.91. The van der Waals surface area contributed by atoms with Gasteiger partial charge in [-0.3, -0.25) is 10.1 Å². The number of rotatable bonds is 11. The Bertz CT molecular complexity index is 1370. The zero-order valence-electron chi connectivity index (χ0n) is 20.1. The summed E-state index contributed by atoms with van der Waals surface area (Å²) in [6.45, 7) is 6.55. The van der Waals surface area contributed by atoms with Crippen molar-refractivity contribution in [3.63, 3.8) is 0 Å². The lowest BCUT2D eigenvalue weighted by Crippen LogP contribution is -2.13. The second-order valence-electron chi connectivity index (χ2n) is 7.85. The second-order valence-corrected chi connectivity index (χ2v) is 10.8. The van der Waals surface area contributed by atoms with Crippen LogP contribution in [0.1, 0.15) is 30.0 Å². The molecule has 0 saturated carbocycles. The molecule has 11 heteroatoms. The summed E-state index contributed by atoms with van der Waals surface area (Å²) in [6, 6.07) is 14.9. The molecule has 9 nitrogen and oxygen atoms in total. The molecule has 36 heavy (non-hydrogen) atoms. The average Bonchev–Trinajstić information content (AvgIpc) is 3.32. The summed E-state index contributed by atoms with van der Waals surface area (Å²) in [5, 5.41) is 11.5. The normalized spacial score (nSPS) is 11.6. The fourth-order valence-corrected chi connectivity index (χ4v) is 4.69. The molecule has 0 bridgehead atoms. The molecule has 2 aromatic carbocycles. The number of hydrogen-bond donors (Lipinski definition) is 1. The van der Waals surface area contributed by atoms with E-state index in [0.717, 1.165) is 28.4 Å². The van der Waals surface area contributed by atoms with Crippen LogP contribution in [0.5, 0.6) is 11.5 Å². The minimum absolute atomic E-state index is 0.00145. The number of nitrogens with one attached hydrogen (secondary N) is 1. The van der Waals surface area contributed by atoms with Gasteiger partial charge in [-0.15, -0.1) is 0 Å². The number of anilines is 1. The van der Waals surface area contributed by atoms with Crippen LogP contribution in [0.25, 0.3) is 6.08 Å². The molecule has 0 saturated heterocycles. The topological polar surface area (TPSA) is 131 Å². The smallest absolute Gasteiger partial charge is 0.268 e. The third-order valence-electron chi connectivity index (χ3n) is 4.86. The Labute approximate surface area is 214 Å². The number of carbonyl (C=O) groups excluding carboxylic acids is 1. The van der Waals surface area contributed by atoms with Gasteiger partial charge < -0.3 is 9.47 Å². The van der Waals surface area contributed by atoms with Crippen LogP contribution in [0.3, 0.4) is 0 Å². The maximum atomic E-state index is 12.4. The molecule has 0 spiro atoms. The van der Waals surface area contributed by atoms with E-state index in [0.29, 0.717) is 30.9 Å². The van der Waals surface area contributed by atoms with Crippen LogP contribution < -0.4 is 14.8 Å². The van der Waals surface area contributed by atoms with Crippen molar-refractivity contribution in [1.29, 1.82) is 5.26 Å². The fraction of sp³-hybridized carbons (Fsp3) is 0.280. The molecule has 3 rings (SSSR count). The van der Waals surface area contributed by atoms with Crippen LogP contribution >= 0.6 is 11.5 Å². The SMILES string of the molecule is CCS(=O)(=O)c1nsc(NC(=O)/C(C#N)=C\c2ccc(OCCCOc3cc(C)cc(C)c3)cc2)n1. The molecule has 188 valence electrons. The molecule has 0 aliphatic rings. The van der Waals surface area contributed by atoms with Crippen molar-refractivity contribution in [3.05, 3.63) is 64.7 Å². The molecule has 0 atom stereocenters. The third-order valence-corrected chi connectivity index (χ3v) is 7.11. The number of nitriles is 1. The zero-order chi connectivity index (χ0) is 26.1. The number of sulfone groups is 1. The lowest BCUT2D eigenvalue weighted by molar-refractivity contribution is -0.112. The van der Waals surface area contributed by atoms with Crippen molar-refractivity contribution in [3.8, 4) is 17.6 Å². The standard InChI is InChI=1S/C25H26N4O5S2/c1-4-36(31,32)25-28-24(35-29-25)27-23(30)20(16-26)15-19-6-8-21(9-7-19)33-10-5-11-34-22-13-17(2)12-18(3)14-22/h6-9,12-15H,4-5,10-11H2,1-3H3,(H,27,28,29,30)/b20-15-. The summed E-state index contributed by atoms with van der Waals surface area (Å²) in [6.07, 6.45) is 2.13. The number of benzene rings is 2. The Hall–Kier alpha value is -3.75. The second kappa shape index (κ2) is 12.3. The maximum absolute atomic E-state index is 12.4. The summed E-state index contributed by atoms with van der Waals surface area (Å²) < 4.78 is 38.9. The van der Waals surface area contributed by atoms with Gasteiger partial charge in [0, 0.05) is 18.0 Å². The number of amides is 1. The van der Waals surface area contributed by atoms with E-state index in [9.17, 15) is 18.5 Å². The van der Waals surface area contributed by atoms with Gasteiger partial charge in [0.25, 0.3) is 11.1 Å². The van der Waals surface area contributed by atoms with E-state index >= 15 is 0 Å². The van der Waals surface area contributed by atoms with E-state index in [2.05, 4.69) is 20.7 Å². The average molecular weight is 527 g/mol. The number of nitrogens with zero attached hydrogens (tertiary/aromatic N) is 3. The van der Waals surface area contributed by atoms with E-state index in [-0.39, 0.29) is 21.6 Å². The van der Waals surface area contributed by atoms with Crippen LogP contribution in [0, 0.1) is 25.2 Å². The minimum atomic E-state index is -3.58. The quantitative estimate of drug-likeness (QED) is 0.222. The predicted octanol–water partition coefficient (Wildman–Crippen LogP) is 4.34. The molecule has 0 aliphatic carbocycles. The molecule has 1 amide bonds. The summed E-state index contributed by atoms with van der Waals surface area (Å²) in [5.74, 6) is 0.637. The van der Waals surface area contributed by atoms with Crippen LogP contribution in [0.15, 0.2) is 53.2 Å². The number of aromatic nitrogens is 2. The van der Waals surface area contributed by atoms with Crippen LogP contribution in [-0.2, 0) is 14.6 Å². The van der Waals surface area contributed by atoms with Gasteiger partial charge in [0.05, 0.1) is 19.0 Å². The molecule has 0 fully saturated rings.